The van der Waals surface area contributed by atoms with Crippen molar-refractivity contribution < 1.29 is 5.11 Å². The first-order chi connectivity index (χ1) is 8.26. The average Bonchev–Trinajstić information content (AvgIpc) is 2.82. The zero-order valence-corrected chi connectivity index (χ0v) is 11.9. The van der Waals surface area contributed by atoms with Gasteiger partial charge in [-0.1, -0.05) is 39.5 Å². The van der Waals surface area contributed by atoms with Gasteiger partial charge >= 0.3 is 0 Å². The molecule has 0 heterocycles. The lowest BCUT2D eigenvalue weighted by atomic mass is 9.86. The number of unbranched alkanes of at least 4 members (excludes halogenated alkanes) is 2. The van der Waals surface area contributed by atoms with Crippen LogP contribution in [0.25, 0.3) is 0 Å². The molecule has 0 bridgehead atoms. The van der Waals surface area contributed by atoms with Crippen LogP contribution in [0.5, 0.6) is 0 Å². The van der Waals surface area contributed by atoms with Crippen LogP contribution in [0.3, 0.4) is 0 Å². The molecular formula is C15H31NO. The second-order valence-electron chi connectivity index (χ2n) is 5.85. The third kappa shape index (κ3) is 4.97. The van der Waals surface area contributed by atoms with Crippen molar-refractivity contribution in [3.63, 3.8) is 0 Å². The van der Waals surface area contributed by atoms with E-state index in [1.54, 1.807) is 0 Å². The molecule has 102 valence electrons. The number of rotatable bonds is 9. The van der Waals surface area contributed by atoms with Gasteiger partial charge in [0.25, 0.3) is 0 Å². The Hall–Kier alpha value is -0.0800. The van der Waals surface area contributed by atoms with Gasteiger partial charge in [0.2, 0.25) is 0 Å². The highest BCUT2D eigenvalue weighted by Crippen LogP contribution is 2.38. The highest BCUT2D eigenvalue weighted by molar-refractivity contribution is 4.87. The number of nitrogens with zero attached hydrogens (tertiary/aromatic N) is 1. The molecule has 1 fully saturated rings. The normalized spacial score (nSPS) is 19.1. The van der Waals surface area contributed by atoms with Gasteiger partial charge in [-0.2, -0.15) is 0 Å². The Kier molecular flexibility index (Phi) is 7.14. The van der Waals surface area contributed by atoms with Crippen LogP contribution in [-0.4, -0.2) is 36.2 Å². The Morgan fingerprint density at radius 1 is 1.00 bits per heavy atom. The Morgan fingerprint density at radius 2 is 1.53 bits per heavy atom. The molecule has 0 aliphatic heterocycles. The molecule has 0 aromatic rings. The van der Waals surface area contributed by atoms with Crippen molar-refractivity contribution in [2.24, 2.45) is 5.41 Å². The standard InChI is InChI=1S/C15H31NO/c1-3-5-11-16(12-6-4-2)13-15(14-17)9-7-8-10-15/h17H,3-14H2,1-2H3. The van der Waals surface area contributed by atoms with E-state index < -0.39 is 0 Å². The monoisotopic (exact) mass is 241 g/mol. The van der Waals surface area contributed by atoms with E-state index in [1.807, 2.05) is 0 Å². The fraction of sp³-hybridized carbons (Fsp3) is 1.00. The third-order valence-electron chi connectivity index (χ3n) is 4.21. The van der Waals surface area contributed by atoms with Crippen molar-refractivity contribution in [1.29, 1.82) is 0 Å². The summed E-state index contributed by atoms with van der Waals surface area (Å²) in [5.74, 6) is 0. The van der Waals surface area contributed by atoms with Gasteiger partial charge < -0.3 is 10.0 Å². The fourth-order valence-electron chi connectivity index (χ4n) is 3.00. The number of aliphatic hydroxyl groups excluding tert-OH is 1. The predicted molar refractivity (Wildman–Crippen MR) is 74.2 cm³/mol. The van der Waals surface area contributed by atoms with Crippen molar-refractivity contribution in [1.82, 2.24) is 4.90 Å². The van der Waals surface area contributed by atoms with Crippen LogP contribution in [0.2, 0.25) is 0 Å². The maximum Gasteiger partial charge on any atom is 0.0499 e. The van der Waals surface area contributed by atoms with Crippen LogP contribution in [0, 0.1) is 5.41 Å². The van der Waals surface area contributed by atoms with Crippen LogP contribution >= 0.6 is 0 Å². The summed E-state index contributed by atoms with van der Waals surface area (Å²) in [5, 5.41) is 9.69. The molecule has 2 heteroatoms. The average molecular weight is 241 g/mol. The summed E-state index contributed by atoms with van der Waals surface area (Å²) in [4.78, 5) is 2.61. The third-order valence-corrected chi connectivity index (χ3v) is 4.21. The summed E-state index contributed by atoms with van der Waals surface area (Å²) in [6, 6.07) is 0. The van der Waals surface area contributed by atoms with E-state index in [9.17, 15) is 5.11 Å². The lowest BCUT2D eigenvalue weighted by Crippen LogP contribution is -2.39. The van der Waals surface area contributed by atoms with Gasteiger partial charge in [0, 0.05) is 18.6 Å². The Morgan fingerprint density at radius 3 is 1.94 bits per heavy atom. The van der Waals surface area contributed by atoms with Crippen molar-refractivity contribution in [2.45, 2.75) is 65.2 Å². The summed E-state index contributed by atoms with van der Waals surface area (Å²) in [7, 11) is 0. The van der Waals surface area contributed by atoms with Crippen molar-refractivity contribution >= 4 is 0 Å². The van der Waals surface area contributed by atoms with E-state index in [1.165, 1.54) is 64.5 Å². The van der Waals surface area contributed by atoms with E-state index in [0.717, 1.165) is 6.54 Å². The van der Waals surface area contributed by atoms with Crippen LogP contribution in [0.15, 0.2) is 0 Å². The van der Waals surface area contributed by atoms with Gasteiger partial charge in [0.15, 0.2) is 0 Å². The Bertz CT molecular complexity index is 179. The quantitative estimate of drug-likeness (QED) is 0.668. The molecule has 17 heavy (non-hydrogen) atoms. The molecule has 0 saturated heterocycles. The van der Waals surface area contributed by atoms with Gasteiger partial charge in [-0.05, 0) is 38.8 Å². The SMILES string of the molecule is CCCCN(CCCC)CC1(CO)CCCC1. The first kappa shape index (κ1) is 15.0. The lowest BCUT2D eigenvalue weighted by Gasteiger charge is -2.34. The topological polar surface area (TPSA) is 23.5 Å². The van der Waals surface area contributed by atoms with Gasteiger partial charge in [-0.25, -0.2) is 0 Å². The molecule has 0 radical (unpaired) electrons. The molecule has 1 saturated carbocycles. The highest BCUT2D eigenvalue weighted by atomic mass is 16.3. The smallest absolute Gasteiger partial charge is 0.0499 e. The van der Waals surface area contributed by atoms with E-state index >= 15 is 0 Å². The molecule has 2 nitrogen and oxygen atoms in total. The molecule has 0 aromatic carbocycles. The van der Waals surface area contributed by atoms with Crippen molar-refractivity contribution in [3.8, 4) is 0 Å². The fourth-order valence-corrected chi connectivity index (χ4v) is 3.00. The largest absolute Gasteiger partial charge is 0.396 e. The first-order valence-electron chi connectivity index (χ1n) is 7.59. The zero-order valence-electron chi connectivity index (χ0n) is 11.9. The van der Waals surface area contributed by atoms with Crippen LogP contribution in [0.1, 0.15) is 65.2 Å². The lowest BCUT2D eigenvalue weighted by molar-refractivity contribution is 0.0768. The minimum absolute atomic E-state index is 0.238. The van der Waals surface area contributed by atoms with Gasteiger partial charge in [0.05, 0.1) is 0 Å². The highest BCUT2D eigenvalue weighted by Gasteiger charge is 2.34. The van der Waals surface area contributed by atoms with Crippen LogP contribution in [0.4, 0.5) is 0 Å². The molecule has 1 aliphatic carbocycles. The molecule has 0 atom stereocenters. The number of hydrogen-bond acceptors (Lipinski definition) is 2. The molecule has 0 spiro atoms. The number of hydrogen-bond donors (Lipinski definition) is 1. The van der Waals surface area contributed by atoms with Crippen LogP contribution < -0.4 is 0 Å². The van der Waals surface area contributed by atoms with Gasteiger partial charge in [0.1, 0.15) is 0 Å². The molecule has 1 N–H and O–H groups in total. The predicted octanol–water partition coefficient (Wildman–Crippen LogP) is 3.44. The first-order valence-corrected chi connectivity index (χ1v) is 7.59. The number of aliphatic hydroxyl groups is 1. The minimum atomic E-state index is 0.238. The molecular weight excluding hydrogens is 210 g/mol. The second kappa shape index (κ2) is 8.10. The molecule has 1 aliphatic rings. The Labute approximate surface area is 107 Å². The summed E-state index contributed by atoms with van der Waals surface area (Å²) in [6.45, 7) is 8.48. The summed E-state index contributed by atoms with van der Waals surface area (Å²) in [6.07, 6.45) is 10.2. The summed E-state index contributed by atoms with van der Waals surface area (Å²) < 4.78 is 0. The zero-order chi connectivity index (χ0) is 12.6. The molecule has 0 aromatic heterocycles. The van der Waals surface area contributed by atoms with E-state index in [-0.39, 0.29) is 5.41 Å². The molecule has 0 unspecified atom stereocenters. The molecule has 0 amide bonds. The summed E-state index contributed by atoms with van der Waals surface area (Å²) >= 11 is 0. The van der Waals surface area contributed by atoms with E-state index in [0.29, 0.717) is 6.61 Å². The minimum Gasteiger partial charge on any atom is -0.396 e. The van der Waals surface area contributed by atoms with Crippen molar-refractivity contribution in [3.05, 3.63) is 0 Å². The Balaban J connectivity index is 2.44. The van der Waals surface area contributed by atoms with E-state index in [4.69, 9.17) is 0 Å². The van der Waals surface area contributed by atoms with Gasteiger partial charge in [-0.3, -0.25) is 0 Å². The van der Waals surface area contributed by atoms with E-state index in [2.05, 4.69) is 18.7 Å². The van der Waals surface area contributed by atoms with Crippen molar-refractivity contribution in [2.75, 3.05) is 26.2 Å². The maximum atomic E-state index is 9.69. The summed E-state index contributed by atoms with van der Waals surface area (Å²) in [5.41, 5.74) is 0.238. The second-order valence-corrected chi connectivity index (χ2v) is 5.85. The maximum absolute atomic E-state index is 9.69. The van der Waals surface area contributed by atoms with Gasteiger partial charge in [-0.15, -0.1) is 0 Å². The van der Waals surface area contributed by atoms with Crippen LogP contribution in [-0.2, 0) is 0 Å². The molecule has 1 rings (SSSR count).